The summed E-state index contributed by atoms with van der Waals surface area (Å²) in [4.78, 5) is 20.7. The molecule has 6 N–H and O–H groups in total. The van der Waals surface area contributed by atoms with Crippen LogP contribution in [0.3, 0.4) is 0 Å². The first-order valence-corrected chi connectivity index (χ1v) is 10.0. The zero-order valence-electron chi connectivity index (χ0n) is 16.9. The van der Waals surface area contributed by atoms with Gasteiger partial charge in [-0.25, -0.2) is 4.98 Å². The monoisotopic (exact) mass is 406 g/mol. The predicted molar refractivity (Wildman–Crippen MR) is 116 cm³/mol. The number of nitrogens with zero attached hydrogens (tertiary/aromatic N) is 4. The van der Waals surface area contributed by atoms with Gasteiger partial charge in [0.05, 0.1) is 6.20 Å². The number of rotatable bonds is 6. The molecule has 3 aromatic rings. The van der Waals surface area contributed by atoms with Gasteiger partial charge in [-0.05, 0) is 30.5 Å². The molecule has 1 aromatic carbocycles. The zero-order chi connectivity index (χ0) is 21.1. The molecule has 1 fully saturated rings. The largest absolute Gasteiger partial charge is 0.365 e. The minimum atomic E-state index is -0.596. The molecule has 2 aromatic heterocycles. The Bertz CT molecular complexity index is 1050. The number of anilines is 3. The Morgan fingerprint density at radius 3 is 2.77 bits per heavy atom. The van der Waals surface area contributed by atoms with Gasteiger partial charge in [0.15, 0.2) is 0 Å². The van der Waals surface area contributed by atoms with Crippen molar-refractivity contribution in [1.82, 2.24) is 19.7 Å². The number of primary amides is 1. The molecule has 4 rings (SSSR count). The van der Waals surface area contributed by atoms with Gasteiger partial charge < -0.3 is 22.1 Å². The topological polar surface area (TPSA) is 137 Å². The van der Waals surface area contributed by atoms with Crippen LogP contribution in [-0.4, -0.2) is 37.7 Å². The van der Waals surface area contributed by atoms with Crippen LogP contribution in [0.15, 0.2) is 42.9 Å². The van der Waals surface area contributed by atoms with E-state index in [2.05, 4.69) is 25.7 Å². The molecule has 0 unspecified atom stereocenters. The lowest BCUT2D eigenvalue weighted by Gasteiger charge is -2.29. The molecule has 1 aliphatic carbocycles. The van der Waals surface area contributed by atoms with Gasteiger partial charge in [-0.15, -0.1) is 0 Å². The van der Waals surface area contributed by atoms with E-state index in [-0.39, 0.29) is 17.6 Å². The molecule has 156 valence electrons. The van der Waals surface area contributed by atoms with E-state index in [1.807, 2.05) is 37.5 Å². The number of hydrogen-bond acceptors (Lipinski definition) is 7. The van der Waals surface area contributed by atoms with Gasteiger partial charge in [-0.2, -0.15) is 10.1 Å². The molecule has 0 saturated heterocycles. The summed E-state index contributed by atoms with van der Waals surface area (Å²) in [6.07, 6.45) is 9.39. The maximum atomic E-state index is 11.9. The predicted octanol–water partition coefficient (Wildman–Crippen LogP) is 2.40. The van der Waals surface area contributed by atoms with Crippen LogP contribution < -0.4 is 22.1 Å². The number of carbonyl (C=O) groups excluding carboxylic acids is 1. The average molecular weight is 406 g/mol. The Kier molecular flexibility index (Phi) is 5.62. The minimum absolute atomic E-state index is 0.0609. The van der Waals surface area contributed by atoms with Crippen LogP contribution in [0.5, 0.6) is 0 Å². The van der Waals surface area contributed by atoms with Crippen molar-refractivity contribution in [3.8, 4) is 11.1 Å². The van der Waals surface area contributed by atoms with Crippen molar-refractivity contribution in [3.05, 3.63) is 48.4 Å². The van der Waals surface area contributed by atoms with Crippen molar-refractivity contribution >= 4 is 23.4 Å². The summed E-state index contributed by atoms with van der Waals surface area (Å²) < 4.78 is 1.75. The van der Waals surface area contributed by atoms with Crippen LogP contribution in [0.25, 0.3) is 11.1 Å². The molecular weight excluding hydrogens is 380 g/mol. The summed E-state index contributed by atoms with van der Waals surface area (Å²) in [7, 11) is 1.87. The molecular formula is C21H26N8O. The van der Waals surface area contributed by atoms with E-state index >= 15 is 0 Å². The number of nitrogens with one attached hydrogen (secondary N) is 2. The van der Waals surface area contributed by atoms with Gasteiger partial charge >= 0.3 is 0 Å². The Morgan fingerprint density at radius 1 is 1.20 bits per heavy atom. The summed E-state index contributed by atoms with van der Waals surface area (Å²) in [6.45, 7) is 0. The highest BCUT2D eigenvalue weighted by molar-refractivity contribution is 5.98. The summed E-state index contributed by atoms with van der Waals surface area (Å²) in [5, 5.41) is 10.7. The van der Waals surface area contributed by atoms with Gasteiger partial charge in [0.2, 0.25) is 5.95 Å². The second-order valence-electron chi connectivity index (χ2n) is 7.63. The molecule has 0 radical (unpaired) electrons. The van der Waals surface area contributed by atoms with E-state index in [1.54, 1.807) is 10.9 Å². The summed E-state index contributed by atoms with van der Waals surface area (Å²) in [5.74, 6) is 0.183. The van der Waals surface area contributed by atoms with Gasteiger partial charge in [-0.1, -0.05) is 25.0 Å². The third-order valence-electron chi connectivity index (χ3n) is 5.35. The standard InChI is InChI=1S/C21H26N8O/c1-29-12-14(10-25-29)13-5-4-6-15(9-13)26-20-16(19(23)30)11-24-21(28-20)27-18-8-3-2-7-17(18)22/h4-6,9-12,17-18H,2-3,7-8,22H2,1H3,(H2,23,30)(H2,24,26,27,28)/t17-,18+/m0/s1. The van der Waals surface area contributed by atoms with Gasteiger partial charge in [0.25, 0.3) is 5.91 Å². The van der Waals surface area contributed by atoms with Crippen molar-refractivity contribution in [1.29, 1.82) is 0 Å². The van der Waals surface area contributed by atoms with Gasteiger partial charge in [0, 0.05) is 42.8 Å². The molecule has 9 nitrogen and oxygen atoms in total. The first kappa shape index (κ1) is 19.8. The summed E-state index contributed by atoms with van der Waals surface area (Å²) in [5.41, 5.74) is 14.7. The fourth-order valence-corrected chi connectivity index (χ4v) is 3.72. The lowest BCUT2D eigenvalue weighted by molar-refractivity contribution is 0.100. The van der Waals surface area contributed by atoms with Crippen LogP contribution in [-0.2, 0) is 7.05 Å². The Hall–Kier alpha value is -3.46. The fraction of sp³-hybridized carbons (Fsp3) is 0.333. The SMILES string of the molecule is Cn1cc(-c2cccc(Nc3nc(N[C@@H]4CCCC[C@@H]4N)ncc3C(N)=O)c2)cn1. The number of aryl methyl sites for hydroxylation is 1. The van der Waals surface area contributed by atoms with Crippen molar-refractivity contribution in [2.45, 2.75) is 37.8 Å². The van der Waals surface area contributed by atoms with Crippen LogP contribution in [0.4, 0.5) is 17.5 Å². The highest BCUT2D eigenvalue weighted by Gasteiger charge is 2.23. The molecule has 2 heterocycles. The number of amides is 1. The molecule has 1 aliphatic rings. The van der Waals surface area contributed by atoms with Crippen molar-refractivity contribution in [2.75, 3.05) is 10.6 Å². The molecule has 2 atom stereocenters. The number of nitrogens with two attached hydrogens (primary N) is 2. The maximum Gasteiger partial charge on any atom is 0.254 e. The molecule has 9 heteroatoms. The molecule has 1 amide bonds. The van der Waals surface area contributed by atoms with Gasteiger partial charge in [0.1, 0.15) is 11.4 Å². The van der Waals surface area contributed by atoms with E-state index < -0.39 is 5.91 Å². The normalized spacial score (nSPS) is 18.7. The molecule has 30 heavy (non-hydrogen) atoms. The second kappa shape index (κ2) is 8.50. The van der Waals surface area contributed by atoms with Crippen LogP contribution in [0, 0.1) is 0 Å². The van der Waals surface area contributed by atoms with E-state index in [9.17, 15) is 4.79 Å². The molecule has 0 bridgehead atoms. The number of hydrogen-bond donors (Lipinski definition) is 4. The van der Waals surface area contributed by atoms with Crippen LogP contribution >= 0.6 is 0 Å². The summed E-state index contributed by atoms with van der Waals surface area (Å²) in [6, 6.07) is 7.96. The minimum Gasteiger partial charge on any atom is -0.365 e. The quantitative estimate of drug-likeness (QED) is 0.493. The second-order valence-corrected chi connectivity index (χ2v) is 7.63. The lowest BCUT2D eigenvalue weighted by atomic mass is 9.91. The fourth-order valence-electron chi connectivity index (χ4n) is 3.72. The average Bonchev–Trinajstić information content (AvgIpc) is 3.16. The Balaban J connectivity index is 1.60. The summed E-state index contributed by atoms with van der Waals surface area (Å²) >= 11 is 0. The lowest BCUT2D eigenvalue weighted by Crippen LogP contribution is -2.43. The highest BCUT2D eigenvalue weighted by atomic mass is 16.1. The van der Waals surface area contributed by atoms with E-state index in [1.165, 1.54) is 6.20 Å². The van der Waals surface area contributed by atoms with Crippen molar-refractivity contribution in [2.24, 2.45) is 18.5 Å². The van der Waals surface area contributed by atoms with E-state index in [0.29, 0.717) is 11.8 Å². The highest BCUT2D eigenvalue weighted by Crippen LogP contribution is 2.26. The third kappa shape index (κ3) is 4.41. The molecule has 0 aliphatic heterocycles. The molecule has 0 spiro atoms. The molecule has 1 saturated carbocycles. The Labute approximate surface area is 174 Å². The van der Waals surface area contributed by atoms with E-state index in [0.717, 1.165) is 42.5 Å². The van der Waals surface area contributed by atoms with Crippen LogP contribution in [0.2, 0.25) is 0 Å². The smallest absolute Gasteiger partial charge is 0.254 e. The number of carbonyl (C=O) groups is 1. The first-order valence-electron chi connectivity index (χ1n) is 10.0. The van der Waals surface area contributed by atoms with Crippen molar-refractivity contribution in [3.63, 3.8) is 0 Å². The number of aromatic nitrogens is 4. The van der Waals surface area contributed by atoms with E-state index in [4.69, 9.17) is 11.5 Å². The first-order chi connectivity index (χ1) is 14.5. The Morgan fingerprint density at radius 2 is 2.03 bits per heavy atom. The van der Waals surface area contributed by atoms with Crippen molar-refractivity contribution < 1.29 is 4.79 Å². The number of benzene rings is 1. The maximum absolute atomic E-state index is 11.9. The zero-order valence-corrected chi connectivity index (χ0v) is 16.9. The van der Waals surface area contributed by atoms with Gasteiger partial charge in [-0.3, -0.25) is 9.48 Å². The van der Waals surface area contributed by atoms with Crippen LogP contribution in [0.1, 0.15) is 36.0 Å². The third-order valence-corrected chi connectivity index (χ3v) is 5.35.